The number of carbonyl (C=O) groups excluding carboxylic acids is 3. The van der Waals surface area contributed by atoms with E-state index in [9.17, 15) is 14.4 Å². The highest BCUT2D eigenvalue weighted by atomic mass is 16.5. The fourth-order valence-corrected chi connectivity index (χ4v) is 4.19. The van der Waals surface area contributed by atoms with E-state index in [2.05, 4.69) is 20.7 Å². The Bertz CT molecular complexity index is 1530. The minimum Gasteiger partial charge on any atom is -0.493 e. The van der Waals surface area contributed by atoms with Gasteiger partial charge in [-0.1, -0.05) is 13.8 Å². The van der Waals surface area contributed by atoms with Gasteiger partial charge in [0.15, 0.2) is 22.8 Å². The maximum atomic E-state index is 13.0. The first-order chi connectivity index (χ1) is 19.2. The smallest absolute Gasteiger partial charge is 0.328 e. The highest BCUT2D eigenvalue weighted by Gasteiger charge is 2.23. The lowest BCUT2D eigenvalue weighted by Crippen LogP contribution is -2.42. The van der Waals surface area contributed by atoms with Gasteiger partial charge in [0.2, 0.25) is 0 Å². The van der Waals surface area contributed by atoms with Gasteiger partial charge in [-0.3, -0.25) is 9.59 Å². The van der Waals surface area contributed by atoms with Crippen LogP contribution in [0.5, 0.6) is 11.5 Å². The maximum Gasteiger partial charge on any atom is 0.328 e. The first kappa shape index (κ1) is 28.1. The molecule has 4 aromatic rings. The number of esters is 1. The molecule has 0 saturated carbocycles. The lowest BCUT2D eigenvalue weighted by Gasteiger charge is -2.18. The quantitative estimate of drug-likeness (QED) is 0.286. The maximum absolute atomic E-state index is 13.0. The Morgan fingerprint density at radius 2 is 1.62 bits per heavy atom. The average molecular weight is 546 g/mol. The van der Waals surface area contributed by atoms with E-state index in [4.69, 9.17) is 14.2 Å². The second-order valence-corrected chi connectivity index (χ2v) is 9.41. The number of hydrogen-bond acceptors (Lipinski definition) is 8. The number of nitrogens with zero attached hydrogens (tertiary/aromatic N) is 3. The molecule has 0 spiro atoms. The van der Waals surface area contributed by atoms with Crippen molar-refractivity contribution in [1.29, 1.82) is 0 Å². The van der Waals surface area contributed by atoms with Crippen molar-refractivity contribution in [3.63, 3.8) is 0 Å². The molecule has 2 N–H and O–H groups in total. The van der Waals surface area contributed by atoms with Gasteiger partial charge in [0.1, 0.15) is 6.04 Å². The van der Waals surface area contributed by atoms with Crippen LogP contribution in [-0.4, -0.2) is 59.8 Å². The number of hydrogen-bond donors (Lipinski definition) is 2. The molecule has 2 heterocycles. The molecule has 0 aliphatic rings. The molecule has 0 saturated heterocycles. The summed E-state index contributed by atoms with van der Waals surface area (Å²) in [6.45, 7) is 3.91. The number of benzene rings is 2. The Kier molecular flexibility index (Phi) is 8.63. The van der Waals surface area contributed by atoms with Crippen LogP contribution in [0.4, 0.5) is 5.69 Å². The van der Waals surface area contributed by atoms with Gasteiger partial charge in [-0.25, -0.2) is 14.3 Å². The van der Waals surface area contributed by atoms with E-state index in [1.807, 2.05) is 26.0 Å². The van der Waals surface area contributed by atoms with E-state index in [-0.39, 0.29) is 11.6 Å². The zero-order valence-corrected chi connectivity index (χ0v) is 22.9. The standard InChI is InChI=1S/C29H31N5O6/c1-17(2)14-22(29(37)40-5)32-27(35)18-6-9-20(10-7-18)31-28(36)21-16-26-30-13-12-23(34(26)33-21)19-8-11-24(38-3)25(15-19)39-4/h6-13,15-17,22H,14H2,1-5H3,(H,31,36)(H,32,35)/t22-/m0/s1. The third-order valence-corrected chi connectivity index (χ3v) is 6.17. The van der Waals surface area contributed by atoms with Gasteiger partial charge < -0.3 is 24.8 Å². The molecule has 0 fully saturated rings. The molecule has 2 aromatic heterocycles. The minimum absolute atomic E-state index is 0.164. The Morgan fingerprint density at radius 3 is 2.27 bits per heavy atom. The molecular weight excluding hydrogens is 514 g/mol. The summed E-state index contributed by atoms with van der Waals surface area (Å²) in [5, 5.41) is 9.97. The number of ether oxygens (including phenoxy) is 3. The highest BCUT2D eigenvalue weighted by molar-refractivity contribution is 6.04. The van der Waals surface area contributed by atoms with Crippen molar-refractivity contribution in [1.82, 2.24) is 19.9 Å². The lowest BCUT2D eigenvalue weighted by molar-refractivity contribution is -0.143. The Labute approximate surface area is 231 Å². The van der Waals surface area contributed by atoms with Crippen molar-refractivity contribution in [2.24, 2.45) is 5.92 Å². The minimum atomic E-state index is -0.746. The zero-order valence-electron chi connectivity index (χ0n) is 22.9. The van der Waals surface area contributed by atoms with Crippen LogP contribution in [0.1, 0.15) is 41.1 Å². The first-order valence-electron chi connectivity index (χ1n) is 12.6. The summed E-state index contributed by atoms with van der Waals surface area (Å²) in [5.74, 6) is -0.00635. The third-order valence-electron chi connectivity index (χ3n) is 6.17. The van der Waals surface area contributed by atoms with E-state index in [1.54, 1.807) is 67.4 Å². The van der Waals surface area contributed by atoms with Crippen LogP contribution >= 0.6 is 0 Å². The van der Waals surface area contributed by atoms with Gasteiger partial charge in [-0.2, -0.15) is 5.10 Å². The molecule has 1 atom stereocenters. The summed E-state index contributed by atoms with van der Waals surface area (Å²) in [7, 11) is 4.41. The zero-order chi connectivity index (χ0) is 28.8. The van der Waals surface area contributed by atoms with Crippen molar-refractivity contribution in [3.8, 4) is 22.8 Å². The molecule has 0 aliphatic carbocycles. The second-order valence-electron chi connectivity index (χ2n) is 9.41. The molecule has 0 aliphatic heterocycles. The Balaban J connectivity index is 1.49. The molecule has 0 bridgehead atoms. The van der Waals surface area contributed by atoms with Crippen molar-refractivity contribution >= 4 is 29.1 Å². The predicted octanol–water partition coefficient (Wildman–Crippen LogP) is 3.98. The molecule has 4 rings (SSSR count). The molecule has 0 radical (unpaired) electrons. The molecule has 208 valence electrons. The van der Waals surface area contributed by atoms with Gasteiger partial charge in [0.05, 0.1) is 27.0 Å². The van der Waals surface area contributed by atoms with E-state index in [0.717, 1.165) is 5.56 Å². The van der Waals surface area contributed by atoms with Crippen LogP contribution in [0.2, 0.25) is 0 Å². The van der Waals surface area contributed by atoms with Gasteiger partial charge in [0.25, 0.3) is 11.8 Å². The first-order valence-corrected chi connectivity index (χ1v) is 12.6. The lowest BCUT2D eigenvalue weighted by atomic mass is 10.0. The van der Waals surface area contributed by atoms with Crippen LogP contribution in [0, 0.1) is 5.92 Å². The molecule has 0 unspecified atom stereocenters. The number of anilines is 1. The van der Waals surface area contributed by atoms with Gasteiger partial charge in [-0.05, 0) is 60.9 Å². The number of aromatic nitrogens is 3. The summed E-state index contributed by atoms with van der Waals surface area (Å²) < 4.78 is 17.1. The summed E-state index contributed by atoms with van der Waals surface area (Å²) in [6.07, 6.45) is 2.09. The number of fused-ring (bicyclic) bond motifs is 1. The number of rotatable bonds is 10. The van der Waals surface area contributed by atoms with Crippen LogP contribution in [-0.2, 0) is 9.53 Å². The number of carbonyl (C=O) groups is 3. The van der Waals surface area contributed by atoms with Crippen LogP contribution in [0.25, 0.3) is 16.9 Å². The Hall–Kier alpha value is -4.93. The molecule has 11 heteroatoms. The van der Waals surface area contributed by atoms with Gasteiger partial charge in [0, 0.05) is 29.1 Å². The van der Waals surface area contributed by atoms with E-state index >= 15 is 0 Å². The van der Waals surface area contributed by atoms with Crippen molar-refractivity contribution in [3.05, 3.63) is 72.1 Å². The fourth-order valence-electron chi connectivity index (χ4n) is 4.19. The topological polar surface area (TPSA) is 133 Å². The molecular formula is C29H31N5O6. The molecule has 2 amide bonds. The third kappa shape index (κ3) is 6.20. The van der Waals surface area contributed by atoms with Crippen LogP contribution in [0.15, 0.2) is 60.8 Å². The molecule has 40 heavy (non-hydrogen) atoms. The monoisotopic (exact) mass is 545 g/mol. The van der Waals surface area contributed by atoms with Gasteiger partial charge >= 0.3 is 5.97 Å². The Morgan fingerprint density at radius 1 is 0.900 bits per heavy atom. The fraction of sp³-hybridized carbons (Fsp3) is 0.276. The van der Waals surface area contributed by atoms with E-state index in [0.29, 0.717) is 40.5 Å². The largest absolute Gasteiger partial charge is 0.493 e. The van der Waals surface area contributed by atoms with Crippen LogP contribution in [0.3, 0.4) is 0 Å². The SMILES string of the molecule is COC(=O)[C@H](CC(C)C)NC(=O)c1ccc(NC(=O)c2cc3nccc(-c4ccc(OC)c(OC)c4)n3n2)cc1. The summed E-state index contributed by atoms with van der Waals surface area (Å²) in [6, 6.07) is 14.4. The number of amides is 2. The van der Waals surface area contributed by atoms with Crippen molar-refractivity contribution in [2.75, 3.05) is 26.6 Å². The number of methoxy groups -OCH3 is 3. The van der Waals surface area contributed by atoms with E-state index < -0.39 is 23.8 Å². The number of nitrogens with one attached hydrogen (secondary N) is 2. The second kappa shape index (κ2) is 12.3. The summed E-state index contributed by atoms with van der Waals surface area (Å²) >= 11 is 0. The van der Waals surface area contributed by atoms with Crippen molar-refractivity contribution < 1.29 is 28.6 Å². The molecule has 2 aromatic carbocycles. The molecule has 11 nitrogen and oxygen atoms in total. The van der Waals surface area contributed by atoms with Gasteiger partial charge in [-0.15, -0.1) is 0 Å². The summed E-state index contributed by atoms with van der Waals surface area (Å²) in [5.41, 5.74) is 2.98. The van der Waals surface area contributed by atoms with E-state index in [1.165, 1.54) is 7.11 Å². The van der Waals surface area contributed by atoms with Crippen molar-refractivity contribution in [2.45, 2.75) is 26.3 Å². The summed E-state index contributed by atoms with van der Waals surface area (Å²) in [4.78, 5) is 42.1. The van der Waals surface area contributed by atoms with Crippen LogP contribution < -0.4 is 20.1 Å². The highest BCUT2D eigenvalue weighted by Crippen LogP contribution is 2.32. The predicted molar refractivity (Wildman–Crippen MR) is 149 cm³/mol. The average Bonchev–Trinajstić information content (AvgIpc) is 3.41. The normalized spacial score (nSPS) is 11.7.